The summed E-state index contributed by atoms with van der Waals surface area (Å²) in [5, 5.41) is 2.63. The number of terminal acetylenes is 2. The molecule has 2 heteroatoms. The summed E-state index contributed by atoms with van der Waals surface area (Å²) in [7, 11) is 0. The number of hydrogen-bond donors (Lipinski definition) is 0. The van der Waals surface area contributed by atoms with Crippen molar-refractivity contribution in [1.29, 1.82) is 0 Å². The summed E-state index contributed by atoms with van der Waals surface area (Å²) in [4.78, 5) is 2.52. The van der Waals surface area contributed by atoms with Crippen LogP contribution in [0.2, 0.25) is 0 Å². The fourth-order valence-corrected chi connectivity index (χ4v) is 10.7. The van der Waals surface area contributed by atoms with Gasteiger partial charge in [-0.05, 0) is 174 Å². The second-order valence-electron chi connectivity index (χ2n) is 20.9. The molecule has 0 bridgehead atoms. The first-order valence-corrected chi connectivity index (χ1v) is 35.6. The van der Waals surface area contributed by atoms with Crippen molar-refractivity contribution in [1.82, 2.24) is 4.57 Å². The lowest BCUT2D eigenvalue weighted by atomic mass is 9.88. The Morgan fingerprint density at radius 1 is 0.716 bits per heavy atom. The van der Waals surface area contributed by atoms with Crippen LogP contribution in [0, 0.1) is 25.2 Å². The first-order chi connectivity index (χ1) is 46.5. The molecule has 1 aromatic heterocycles. The average Bonchev–Trinajstić information content (AvgIpc) is 1.58. The lowest BCUT2D eigenvalue weighted by Gasteiger charge is -2.31. The third-order valence-corrected chi connectivity index (χ3v) is 15.0. The Morgan fingerprint density at radius 2 is 1.33 bits per heavy atom. The van der Waals surface area contributed by atoms with Crippen molar-refractivity contribution in [3.8, 4) is 36.3 Å². The molecule has 2 nitrogen and oxygen atoms in total. The van der Waals surface area contributed by atoms with Crippen molar-refractivity contribution in [2.75, 3.05) is 11.4 Å². The van der Waals surface area contributed by atoms with Gasteiger partial charge in [0.15, 0.2) is 0 Å². The van der Waals surface area contributed by atoms with Crippen molar-refractivity contribution >= 4 is 38.6 Å². The van der Waals surface area contributed by atoms with Gasteiger partial charge >= 0.3 is 0 Å². The topological polar surface area (TPSA) is 8.17 Å². The minimum atomic E-state index is 0.0852. The van der Waals surface area contributed by atoms with Crippen LogP contribution in [-0.4, -0.2) is 11.1 Å². The summed E-state index contributed by atoms with van der Waals surface area (Å²) < 4.78 is 2.65. The maximum absolute atomic E-state index is 4.60. The summed E-state index contributed by atoms with van der Waals surface area (Å²) in [6, 6.07) is 45.1. The van der Waals surface area contributed by atoms with Crippen molar-refractivity contribution < 1.29 is 0 Å². The highest BCUT2D eigenvalue weighted by Crippen LogP contribution is 2.45. The zero-order valence-corrected chi connectivity index (χ0v) is 63.5. The molecule has 95 heavy (non-hydrogen) atoms. The van der Waals surface area contributed by atoms with Crippen LogP contribution in [0.1, 0.15) is 219 Å². The van der Waals surface area contributed by atoms with Crippen molar-refractivity contribution in [2.24, 2.45) is 0 Å². The quantitative estimate of drug-likeness (QED) is 0.0533. The SMILES string of the molecule is C#C.C#CC.C=C/C(C)=C\C=C/C.CC.CC.CC.CC.CC.CC1=CCC=CC=C1.C\C=C/C(=C\C(C)n1c2ccc(C3=C/CC(=C/C)/C(=C(\CC)c4ccccc4)N(c4ccccc4)C/C=C\3)cc2c2c(-c3ccccc3)ccc(C(/C=C\CC)CCC)c21)C(/C)=C/C. The zero-order valence-electron chi connectivity index (χ0n) is 63.5. The third-order valence-electron chi connectivity index (χ3n) is 15.0. The molecule has 5 aromatic carbocycles. The van der Waals surface area contributed by atoms with Crippen molar-refractivity contribution in [3.05, 3.63) is 294 Å². The van der Waals surface area contributed by atoms with Gasteiger partial charge in [-0.3, -0.25) is 0 Å². The number of allylic oxidation sites excluding steroid dienone is 25. The lowest BCUT2D eigenvalue weighted by molar-refractivity contribution is 0.686. The predicted molar refractivity (Wildman–Crippen MR) is 438 cm³/mol. The number of nitrogens with zero attached hydrogens (tertiary/aromatic N) is 2. The van der Waals surface area contributed by atoms with Crippen LogP contribution in [0.5, 0.6) is 0 Å². The molecule has 508 valence electrons. The van der Waals surface area contributed by atoms with Crippen LogP contribution in [0.4, 0.5) is 5.69 Å². The van der Waals surface area contributed by atoms with Gasteiger partial charge in [-0.1, -0.05) is 327 Å². The average molecular weight is 1270 g/mol. The molecule has 0 amide bonds. The first-order valence-electron chi connectivity index (χ1n) is 35.6. The standard InChI is InChI=1S/C62H68N2.C8H10.C8H12.C3H4.5C2H6.C2H2/c1-9-15-28-49(26-10-2)57-40-39-56(51-31-21-17-22-32-51)60-58-44-53(38-41-59(58)64(62(57)60)46(8)43-52(27-11-3)45(7)12-4)48-33-25-42-63(54-34-23-18-24-35-54)61(47(13-5)36-37-48)55(14-6)50-29-19-16-20-30-50;1-8-6-4-2-3-5-7-8;1-4-6-7-8(3)5-2;1-3-2;6*1-2/h11-13,15-25,27-35,37-41,43-44,46,49H,9-10,14,26,36,42H2,1-8H3;2-4,6-7H,5H2,1H3;4-7H,2H2,1,3H3;1H,2H3;5*1-2H3;1-2H/b27-11-,28-15-,33-25-,45-12+,47-13-,48-37+,52-43+,61-55-;;6-4-,8-7-;;;;;;;. The number of para-hydroxylation sites is 1. The summed E-state index contributed by atoms with van der Waals surface area (Å²) in [6.07, 6.45) is 60.6. The fourth-order valence-electron chi connectivity index (χ4n) is 10.7. The fraction of sp³-hybridized carbons (Fsp3) is 0.333. The highest BCUT2D eigenvalue weighted by molar-refractivity contribution is 6.17. The highest BCUT2D eigenvalue weighted by atomic mass is 15.1. The minimum Gasteiger partial charge on any atom is -0.337 e. The van der Waals surface area contributed by atoms with E-state index in [-0.39, 0.29) is 6.04 Å². The second kappa shape index (κ2) is 55.6. The molecule has 0 N–H and O–H groups in total. The number of benzene rings is 5. The van der Waals surface area contributed by atoms with E-state index in [1.807, 2.05) is 107 Å². The number of anilines is 1. The Morgan fingerprint density at radius 3 is 1.87 bits per heavy atom. The molecule has 8 rings (SSSR count). The normalized spacial score (nSPS) is 15.1. The molecule has 2 atom stereocenters. The van der Waals surface area contributed by atoms with Crippen molar-refractivity contribution in [3.63, 3.8) is 0 Å². The summed E-state index contributed by atoms with van der Waals surface area (Å²) in [5.74, 6) is 2.56. The molecule has 1 aliphatic heterocycles. The van der Waals surface area contributed by atoms with Crippen LogP contribution in [-0.2, 0) is 0 Å². The van der Waals surface area contributed by atoms with Crippen LogP contribution in [0.15, 0.2) is 277 Å². The Kier molecular flexibility index (Phi) is 51.7. The minimum absolute atomic E-state index is 0.0852. The molecule has 0 fully saturated rings. The predicted octanol–water partition coefficient (Wildman–Crippen LogP) is 29.1. The molecule has 0 radical (unpaired) electrons. The van der Waals surface area contributed by atoms with Gasteiger partial charge in [-0.2, -0.15) is 0 Å². The van der Waals surface area contributed by atoms with Crippen LogP contribution < -0.4 is 4.90 Å². The highest BCUT2D eigenvalue weighted by Gasteiger charge is 2.25. The van der Waals surface area contributed by atoms with Crippen molar-refractivity contribution in [2.45, 2.75) is 203 Å². The van der Waals surface area contributed by atoms with Crippen LogP contribution >= 0.6 is 0 Å². The lowest BCUT2D eigenvalue weighted by Crippen LogP contribution is -2.25. The number of rotatable bonds is 16. The zero-order chi connectivity index (χ0) is 71.9. The smallest absolute Gasteiger partial charge is 0.0541 e. The van der Waals surface area contributed by atoms with E-state index < -0.39 is 0 Å². The molecule has 2 heterocycles. The molecule has 6 aromatic rings. The number of aromatic nitrogens is 1. The summed E-state index contributed by atoms with van der Waals surface area (Å²) in [6.45, 7) is 50.1. The van der Waals surface area contributed by atoms with Crippen LogP contribution in [0.3, 0.4) is 0 Å². The third kappa shape index (κ3) is 28.7. The van der Waals surface area contributed by atoms with Gasteiger partial charge in [-0.25, -0.2) is 0 Å². The maximum Gasteiger partial charge on any atom is 0.0541 e. The largest absolute Gasteiger partial charge is 0.337 e. The van der Waals surface area contributed by atoms with Gasteiger partial charge in [-0.15, -0.1) is 25.2 Å². The monoisotopic (exact) mass is 1270 g/mol. The van der Waals surface area contributed by atoms with Gasteiger partial charge in [0.25, 0.3) is 0 Å². The van der Waals surface area contributed by atoms with Gasteiger partial charge < -0.3 is 9.47 Å². The van der Waals surface area contributed by atoms with Gasteiger partial charge in [0.1, 0.15) is 0 Å². The number of fused-ring (bicyclic) bond motifs is 3. The molecular weight excluding hydrogens is 1150 g/mol. The maximum atomic E-state index is 4.60. The van der Waals surface area contributed by atoms with E-state index >= 15 is 0 Å². The molecular formula is C93H126N2. The summed E-state index contributed by atoms with van der Waals surface area (Å²) >= 11 is 0. The Labute approximate surface area is 584 Å². The first kappa shape index (κ1) is 88.2. The molecule has 2 unspecified atom stereocenters. The summed E-state index contributed by atoms with van der Waals surface area (Å²) in [5.41, 5.74) is 20.6. The van der Waals surface area contributed by atoms with E-state index in [1.165, 1.54) is 100 Å². The van der Waals surface area contributed by atoms with Gasteiger partial charge in [0, 0.05) is 40.1 Å². The van der Waals surface area contributed by atoms with E-state index in [1.54, 1.807) is 6.92 Å². The Bertz CT molecular complexity index is 3550. The Balaban J connectivity index is 0. The molecule has 0 saturated heterocycles. The number of hydrogen-bond acceptors (Lipinski definition) is 1. The van der Waals surface area contributed by atoms with E-state index in [9.17, 15) is 0 Å². The Hall–Kier alpha value is -8.82. The van der Waals surface area contributed by atoms with E-state index in [0.29, 0.717) is 5.92 Å². The van der Waals surface area contributed by atoms with E-state index in [0.717, 1.165) is 45.1 Å². The van der Waals surface area contributed by atoms with E-state index in [2.05, 4.69) is 316 Å². The van der Waals surface area contributed by atoms with Gasteiger partial charge in [0.05, 0.1) is 11.6 Å². The van der Waals surface area contributed by atoms with Crippen LogP contribution in [0.25, 0.3) is 44.1 Å². The molecule has 1 aliphatic carbocycles. The van der Waals surface area contributed by atoms with Gasteiger partial charge in [0.2, 0.25) is 0 Å². The van der Waals surface area contributed by atoms with E-state index in [4.69, 9.17) is 0 Å². The molecule has 0 saturated carbocycles. The second-order valence-corrected chi connectivity index (χ2v) is 20.9. The molecule has 0 spiro atoms. The molecule has 2 aliphatic rings.